The second-order valence-electron chi connectivity index (χ2n) is 0. The fourth-order valence-electron chi connectivity index (χ4n) is 0. The van der Waals surface area contributed by atoms with Gasteiger partial charge >= 0.3 is 0 Å². The van der Waals surface area contributed by atoms with Gasteiger partial charge in [-0.2, -0.15) is 0 Å². The van der Waals surface area contributed by atoms with E-state index in [1.54, 1.807) is 0 Å². The molecule has 64 valence electrons. The molecule has 4 nitrogen and oxygen atoms in total. The minimum Gasteiger partial charge on any atom is -0.400 e. The predicted octanol–water partition coefficient (Wildman–Crippen LogP) is -1.57. The minimum atomic E-state index is 0. The van der Waals surface area contributed by atoms with Crippen molar-refractivity contribution in [3.05, 3.63) is 0 Å². The van der Waals surface area contributed by atoms with E-state index in [2.05, 4.69) is 0 Å². The fraction of sp³-hybridized carbons (Fsp3) is 1.00. The summed E-state index contributed by atoms with van der Waals surface area (Å²) in [5, 5.41) is 28.0. The molecule has 4 N–H and O–H groups in total. The molecule has 0 aromatic rings. The molecular formula is C4H16Ce2O4. The number of hydrogen-bond donors (Lipinski definition) is 4. The van der Waals surface area contributed by atoms with Gasteiger partial charge < -0.3 is 20.4 Å². The topological polar surface area (TPSA) is 80.9 Å². The third kappa shape index (κ3) is 145. The van der Waals surface area contributed by atoms with Crippen molar-refractivity contribution in [2.45, 2.75) is 0 Å². The summed E-state index contributed by atoms with van der Waals surface area (Å²) < 4.78 is 0. The predicted molar refractivity (Wildman–Crippen MR) is 32.6 cm³/mol. The minimum absolute atomic E-state index is 0. The van der Waals surface area contributed by atoms with Gasteiger partial charge in [0.05, 0.1) is 0 Å². The molecule has 0 aliphatic heterocycles. The van der Waals surface area contributed by atoms with E-state index in [-0.39, 0.29) is 83.5 Å². The van der Waals surface area contributed by atoms with Gasteiger partial charge in [-0.3, -0.25) is 0 Å². The van der Waals surface area contributed by atoms with E-state index in [0.717, 1.165) is 28.4 Å². The van der Waals surface area contributed by atoms with Crippen LogP contribution in [0.5, 0.6) is 0 Å². The largest absolute Gasteiger partial charge is 0.400 e. The maximum atomic E-state index is 7.00. The Labute approximate surface area is 130 Å². The van der Waals surface area contributed by atoms with E-state index in [1.165, 1.54) is 0 Å². The molecule has 0 aromatic carbocycles. The van der Waals surface area contributed by atoms with Crippen LogP contribution < -0.4 is 0 Å². The van der Waals surface area contributed by atoms with E-state index >= 15 is 0 Å². The van der Waals surface area contributed by atoms with E-state index in [1.807, 2.05) is 0 Å². The Bertz CT molecular complexity index is 15.2. The third-order valence-corrected chi connectivity index (χ3v) is 0. The molecule has 0 heterocycles. The molecule has 0 unspecified atom stereocenters. The van der Waals surface area contributed by atoms with Crippen molar-refractivity contribution >= 4 is 0 Å². The molecule has 0 aliphatic carbocycles. The average Bonchev–Trinajstić information content (AvgIpc) is 2.03. The van der Waals surface area contributed by atoms with Crippen LogP contribution in [0.1, 0.15) is 0 Å². The summed E-state index contributed by atoms with van der Waals surface area (Å²) in [7, 11) is 4.00. The third-order valence-electron chi connectivity index (χ3n) is 0. The van der Waals surface area contributed by atoms with Crippen molar-refractivity contribution < 1.29 is 104 Å². The Kier molecular flexibility index (Phi) is 753. The number of hydrogen-bond acceptors (Lipinski definition) is 4. The van der Waals surface area contributed by atoms with Gasteiger partial charge in [0.25, 0.3) is 0 Å². The molecule has 0 amide bonds. The Morgan fingerprint density at radius 3 is 0.400 bits per heavy atom. The van der Waals surface area contributed by atoms with Gasteiger partial charge in [0.1, 0.15) is 0 Å². The maximum Gasteiger partial charge on any atom is 0.0319 e. The SMILES string of the molecule is CO.CO.CO.CO.[Ce].[Ce]. The number of aliphatic hydroxyl groups excluding tert-OH is 4. The molecular weight excluding hydrogens is 392 g/mol. The first-order valence-corrected chi connectivity index (χ1v) is 1.79. The van der Waals surface area contributed by atoms with Crippen LogP contribution in [0.4, 0.5) is 0 Å². The van der Waals surface area contributed by atoms with Crippen LogP contribution in [-0.4, -0.2) is 48.9 Å². The zero-order chi connectivity index (χ0) is 8.00. The summed E-state index contributed by atoms with van der Waals surface area (Å²) in [4.78, 5) is 0. The Morgan fingerprint density at radius 1 is 0.400 bits per heavy atom. The van der Waals surface area contributed by atoms with Crippen molar-refractivity contribution in [2.24, 2.45) is 0 Å². The quantitative estimate of drug-likeness (QED) is 0.391. The van der Waals surface area contributed by atoms with Crippen LogP contribution in [0.3, 0.4) is 0 Å². The van der Waals surface area contributed by atoms with Crippen LogP contribution in [0.15, 0.2) is 0 Å². The van der Waals surface area contributed by atoms with E-state index < -0.39 is 0 Å². The van der Waals surface area contributed by atoms with Gasteiger partial charge in [-0.15, -0.1) is 0 Å². The van der Waals surface area contributed by atoms with Crippen LogP contribution in [0, 0.1) is 83.5 Å². The summed E-state index contributed by atoms with van der Waals surface area (Å²) >= 11 is 0. The van der Waals surface area contributed by atoms with Gasteiger partial charge in [-0.05, 0) is 0 Å². The molecule has 0 bridgehead atoms. The number of rotatable bonds is 0. The van der Waals surface area contributed by atoms with Gasteiger partial charge in [-0.25, -0.2) is 0 Å². The van der Waals surface area contributed by atoms with Crippen LogP contribution in [0.25, 0.3) is 0 Å². The van der Waals surface area contributed by atoms with Gasteiger partial charge in [0, 0.05) is 112 Å². The van der Waals surface area contributed by atoms with Crippen LogP contribution in [-0.2, 0) is 0 Å². The molecule has 0 aliphatic rings. The summed E-state index contributed by atoms with van der Waals surface area (Å²) in [5.41, 5.74) is 0. The Morgan fingerprint density at radius 2 is 0.400 bits per heavy atom. The molecule has 0 saturated heterocycles. The summed E-state index contributed by atoms with van der Waals surface area (Å²) in [5.74, 6) is 0. The fourth-order valence-corrected chi connectivity index (χ4v) is 0. The standard InChI is InChI=1S/4CH4O.2Ce/c4*1-2;;/h4*2H,1H3;;. The first-order chi connectivity index (χ1) is 4.00. The molecule has 0 saturated carbocycles. The molecule has 6 heteroatoms. The average molecular weight is 408 g/mol. The number of aliphatic hydroxyl groups is 4. The van der Waals surface area contributed by atoms with Gasteiger partial charge in [-0.1, -0.05) is 0 Å². The molecule has 0 fully saturated rings. The maximum absolute atomic E-state index is 7.00. The van der Waals surface area contributed by atoms with Gasteiger partial charge in [0.2, 0.25) is 0 Å². The Balaban J connectivity index is -0.00000000500. The van der Waals surface area contributed by atoms with E-state index in [0.29, 0.717) is 0 Å². The molecule has 10 heavy (non-hydrogen) atoms. The second kappa shape index (κ2) is 193. The normalized spacial score (nSPS) is 2.40. The van der Waals surface area contributed by atoms with E-state index in [9.17, 15) is 0 Å². The molecule has 0 atom stereocenters. The zero-order valence-electron chi connectivity index (χ0n) is 6.79. The first kappa shape index (κ1) is 38.9. The second-order valence-corrected chi connectivity index (χ2v) is 0. The first-order valence-electron chi connectivity index (χ1n) is 1.79. The van der Waals surface area contributed by atoms with Crippen molar-refractivity contribution in [2.75, 3.05) is 28.4 Å². The molecule has 0 aromatic heterocycles. The summed E-state index contributed by atoms with van der Waals surface area (Å²) in [6.07, 6.45) is 0. The smallest absolute Gasteiger partial charge is 0.0319 e. The van der Waals surface area contributed by atoms with Gasteiger partial charge in [0.15, 0.2) is 0 Å². The van der Waals surface area contributed by atoms with Crippen molar-refractivity contribution in [1.82, 2.24) is 0 Å². The van der Waals surface area contributed by atoms with Crippen LogP contribution in [0.2, 0.25) is 0 Å². The summed E-state index contributed by atoms with van der Waals surface area (Å²) in [6.45, 7) is 0. The monoisotopic (exact) mass is 408 g/mol. The molecule has 0 rings (SSSR count). The molecule has 0 radical (unpaired) electrons. The van der Waals surface area contributed by atoms with Crippen molar-refractivity contribution in [3.8, 4) is 0 Å². The van der Waals surface area contributed by atoms with E-state index in [4.69, 9.17) is 20.4 Å². The van der Waals surface area contributed by atoms with Crippen molar-refractivity contribution in [3.63, 3.8) is 0 Å². The molecule has 0 spiro atoms. The van der Waals surface area contributed by atoms with Crippen molar-refractivity contribution in [1.29, 1.82) is 0 Å². The van der Waals surface area contributed by atoms with Crippen LogP contribution >= 0.6 is 0 Å². The summed E-state index contributed by atoms with van der Waals surface area (Å²) in [6, 6.07) is 0. The zero-order valence-corrected chi connectivity index (χ0v) is 13.1. The Hall–Kier alpha value is 2.59.